The van der Waals surface area contributed by atoms with Gasteiger partial charge in [0.2, 0.25) is 0 Å². The molecule has 9 aliphatic carbocycles. The maximum Gasteiger partial charge on any atom is 0.146 e. The Bertz CT molecular complexity index is 3460. The summed E-state index contributed by atoms with van der Waals surface area (Å²) < 4.78 is 0. The van der Waals surface area contributed by atoms with Gasteiger partial charge in [0.25, 0.3) is 0 Å². The van der Waals surface area contributed by atoms with Crippen molar-refractivity contribution in [3.05, 3.63) is 141 Å². The molecule has 3 fully saturated rings. The molecule has 0 bridgehead atoms. The van der Waals surface area contributed by atoms with Gasteiger partial charge >= 0.3 is 0 Å². The van der Waals surface area contributed by atoms with Gasteiger partial charge in [-0.3, -0.25) is 0 Å². The van der Waals surface area contributed by atoms with Crippen molar-refractivity contribution < 1.29 is 0 Å². The molecule has 0 aromatic heterocycles. The van der Waals surface area contributed by atoms with Crippen LogP contribution in [0, 0.1) is 138 Å². The quantitative estimate of drug-likeness (QED) is 0.171. The van der Waals surface area contributed by atoms with Crippen LogP contribution in [0.15, 0.2) is 125 Å². The van der Waals surface area contributed by atoms with Crippen molar-refractivity contribution in [1.82, 2.24) is 0 Å². The first-order valence-corrected chi connectivity index (χ1v) is 40.3. The van der Waals surface area contributed by atoms with Gasteiger partial charge in [0.05, 0.1) is 0 Å². The van der Waals surface area contributed by atoms with Gasteiger partial charge in [-0.1, -0.05) is 270 Å². The Kier molecular flexibility index (Phi) is 17.4. The zero-order valence-corrected chi connectivity index (χ0v) is 59.2. The monoisotopic (exact) mass is 1190 g/mol. The average molecular weight is 1190 g/mol. The summed E-state index contributed by atoms with van der Waals surface area (Å²) in [5, 5.41) is 0. The van der Waals surface area contributed by atoms with Gasteiger partial charge in [0.15, 0.2) is 0 Å². The lowest BCUT2D eigenvalue weighted by atomic mass is 9.47. The highest BCUT2D eigenvalue weighted by molar-refractivity contribution is 6.91. The van der Waals surface area contributed by atoms with E-state index in [0.29, 0.717) is 49.9 Å². The second-order valence-electron chi connectivity index (χ2n) is 30.0. The van der Waals surface area contributed by atoms with Crippen LogP contribution >= 0.6 is 0 Å². The Morgan fingerprint density at radius 1 is 0.253 bits per heavy atom. The van der Waals surface area contributed by atoms with Crippen molar-refractivity contribution in [2.45, 2.75) is 232 Å². The Morgan fingerprint density at radius 3 is 0.609 bits per heavy atom. The molecule has 1 aromatic rings. The number of hydrogen-bond donors (Lipinski definition) is 0. The summed E-state index contributed by atoms with van der Waals surface area (Å²) in [5.41, 5.74) is 26.3. The number of rotatable bonds is 9. The molecule has 0 amide bonds. The molecule has 0 radical (unpaired) electrons. The van der Waals surface area contributed by atoms with Crippen LogP contribution in [-0.4, -0.2) is 24.2 Å². The normalized spacial score (nSPS) is 27.2. The van der Waals surface area contributed by atoms with Gasteiger partial charge in [0, 0.05) is 82.6 Å². The molecule has 0 unspecified atom stereocenters. The van der Waals surface area contributed by atoms with Gasteiger partial charge in [-0.05, 0) is 142 Å². The van der Waals surface area contributed by atoms with E-state index in [2.05, 4.69) is 321 Å². The molecule has 3 heteroatoms. The van der Waals surface area contributed by atoms with Crippen LogP contribution in [0.1, 0.15) is 199 Å². The Morgan fingerprint density at radius 2 is 0.425 bits per heavy atom. The zero-order valence-electron chi connectivity index (χ0n) is 56.2. The first-order chi connectivity index (χ1) is 41.4. The van der Waals surface area contributed by atoms with Gasteiger partial charge in [-0.2, -0.15) is 0 Å². The van der Waals surface area contributed by atoms with E-state index < -0.39 is 24.2 Å². The number of hydrogen-bond acceptors (Lipinski definition) is 0. The van der Waals surface area contributed by atoms with Crippen LogP contribution in [0.25, 0.3) is 0 Å². The lowest BCUT2D eigenvalue weighted by Crippen LogP contribution is -2.49. The molecule has 1 aromatic carbocycles. The minimum atomic E-state index is -1.98. The molecule has 0 nitrogen and oxygen atoms in total. The van der Waals surface area contributed by atoms with E-state index in [9.17, 15) is 0 Å². The summed E-state index contributed by atoms with van der Waals surface area (Å²) in [5.74, 6) is 53.3. The van der Waals surface area contributed by atoms with E-state index in [-0.39, 0.29) is 32.5 Å². The molecular formula is C84H96Si3. The molecule has 0 spiro atoms. The molecule has 6 atom stereocenters. The second-order valence-corrected chi connectivity index (χ2v) is 46.8. The van der Waals surface area contributed by atoms with Crippen LogP contribution in [0.3, 0.4) is 0 Å². The molecule has 0 N–H and O–H groups in total. The second kappa shape index (κ2) is 23.8. The van der Waals surface area contributed by atoms with E-state index in [1.54, 1.807) is 0 Å². The van der Waals surface area contributed by atoms with E-state index in [1.807, 2.05) is 0 Å². The summed E-state index contributed by atoms with van der Waals surface area (Å²) in [7, 11) is -5.95. The first kappa shape index (κ1) is 63.6. The highest BCUT2D eigenvalue weighted by Gasteiger charge is 2.67. The molecule has 0 aliphatic heterocycles. The van der Waals surface area contributed by atoms with Gasteiger partial charge in [0.1, 0.15) is 24.2 Å². The lowest BCUT2D eigenvalue weighted by molar-refractivity contribution is 0.232. The topological polar surface area (TPSA) is 0 Å². The van der Waals surface area contributed by atoms with Crippen molar-refractivity contribution in [2.24, 2.45) is 32.5 Å². The lowest BCUT2D eigenvalue weighted by Gasteiger charge is -2.54. The van der Waals surface area contributed by atoms with E-state index in [0.717, 1.165) is 74.5 Å². The highest BCUT2D eigenvalue weighted by Crippen LogP contribution is 2.74. The van der Waals surface area contributed by atoms with Crippen molar-refractivity contribution in [3.63, 3.8) is 0 Å². The average Bonchev–Trinajstić information content (AvgIpc) is 1.65. The largest absolute Gasteiger partial charge is 0.146 e. The van der Waals surface area contributed by atoms with E-state index in [4.69, 9.17) is 0 Å². The Labute approximate surface area is 532 Å². The molecular weight excluding hydrogens is 1090 g/mol. The predicted octanol–water partition coefficient (Wildman–Crippen LogP) is 20.2. The van der Waals surface area contributed by atoms with Crippen LogP contribution in [0.4, 0.5) is 0 Å². The van der Waals surface area contributed by atoms with E-state index >= 15 is 0 Å². The minimum Gasteiger partial charge on any atom is -0.125 e. The third-order valence-corrected chi connectivity index (χ3v) is 42.8. The van der Waals surface area contributed by atoms with Crippen molar-refractivity contribution >= 4 is 24.2 Å². The summed E-state index contributed by atoms with van der Waals surface area (Å²) in [6.07, 6.45) is 38.0. The molecule has 0 heterocycles. The van der Waals surface area contributed by atoms with Crippen LogP contribution < -0.4 is 0 Å². The molecule has 87 heavy (non-hydrogen) atoms. The zero-order chi connectivity index (χ0) is 62.6. The summed E-state index contributed by atoms with van der Waals surface area (Å²) in [4.78, 5) is 0. The smallest absolute Gasteiger partial charge is 0.125 e. The standard InChI is InChI=1S/C84H96Si3/c1-61(2)85(62(3)4,63(5)6)55-40-76-73(79-43-25-28-46-82(76,79)52-31-49-79)37-22-19-34-70-58-71(35-20-23-38-74-77(41-56-86(64(7)8,65(9)10)66(11)12)83-47-29-26-44-80(74,83)50-32-53-83)60-72(59-70)36-21-24-39-75-78(42-57-87(67(13)14,68(15)16)69(17)18)84-48-30-27-45-81(75,84)51-33-54-84/h25-30,43-48,58-69H,31-33,49-54H2,1-18H3/t79-,80-,81-,82+,83+,84+/m0/s1. The fraction of sp³-hybridized carbons (Fsp3) is 0.500. The summed E-state index contributed by atoms with van der Waals surface area (Å²) in [6.45, 7) is 43.2. The SMILES string of the molecule is CC(C)[Si](C#CC1=C(C#CC#Cc2cc(C#CC#CC3=C(C#C[Si](C(C)C)(C(C)C)C(C)C)[C@]45C=CC=C[C@]34CCC5)cc(C#CC#CC3=C(C#C[Si](C(C)C)(C(C)C)C(C)C)[C@]45C=CC=C[C@]34CCC5)c2)[C@@]23C=CC=C[C@@]12CCC3)(C(C)C)C(C)C. The van der Waals surface area contributed by atoms with E-state index in [1.165, 1.54) is 33.4 Å². The third kappa shape index (κ3) is 9.49. The van der Waals surface area contributed by atoms with Gasteiger partial charge < -0.3 is 0 Å². The van der Waals surface area contributed by atoms with Crippen LogP contribution in [0.2, 0.25) is 49.9 Å². The molecule has 9 aliphatic rings. The maximum atomic E-state index is 4.09. The number of allylic oxidation sites excluding steroid dienone is 18. The summed E-state index contributed by atoms with van der Waals surface area (Å²) in [6, 6.07) is 6.19. The number of benzene rings is 1. The summed E-state index contributed by atoms with van der Waals surface area (Å²) >= 11 is 0. The maximum absolute atomic E-state index is 4.09. The first-order valence-electron chi connectivity index (χ1n) is 33.6. The fourth-order valence-corrected chi connectivity index (χ4v) is 35.6. The molecule has 3 saturated carbocycles. The van der Waals surface area contributed by atoms with Crippen molar-refractivity contribution in [2.75, 3.05) is 0 Å². The molecule has 0 saturated heterocycles. The predicted molar refractivity (Wildman–Crippen MR) is 379 cm³/mol. The van der Waals surface area contributed by atoms with Crippen molar-refractivity contribution in [1.29, 1.82) is 0 Å². The fourth-order valence-electron chi connectivity index (χ4n) is 20.0. The van der Waals surface area contributed by atoms with Crippen LogP contribution in [-0.2, 0) is 0 Å². The van der Waals surface area contributed by atoms with Crippen LogP contribution in [0.5, 0.6) is 0 Å². The van der Waals surface area contributed by atoms with Gasteiger partial charge in [-0.25, -0.2) is 0 Å². The minimum absolute atomic E-state index is 0.0719. The highest BCUT2D eigenvalue weighted by atomic mass is 28.3. The van der Waals surface area contributed by atoms with Crippen molar-refractivity contribution in [3.8, 4) is 105 Å². The Balaban J connectivity index is 1.07. The third-order valence-electron chi connectivity index (χ3n) is 24.0. The molecule has 10 rings (SSSR count). The molecule has 444 valence electrons. The Hall–Kier alpha value is -6.43. The van der Waals surface area contributed by atoms with Gasteiger partial charge in [-0.15, -0.1) is 16.6 Å².